The minimum Gasteiger partial charge on any atom is -0.457 e. The van der Waals surface area contributed by atoms with Crippen molar-refractivity contribution in [2.24, 2.45) is 5.41 Å². The molecule has 1 aliphatic carbocycles. The maximum atomic E-state index is 13.5. The molecule has 196 valence electrons. The Bertz CT molecular complexity index is 1460. The van der Waals surface area contributed by atoms with E-state index in [9.17, 15) is 28.1 Å². The highest BCUT2D eigenvalue weighted by Crippen LogP contribution is 2.48. The molecule has 2 N–H and O–H groups in total. The molecule has 1 atom stereocenters. The van der Waals surface area contributed by atoms with Crippen LogP contribution < -0.4 is 15.4 Å². The SMILES string of the molecule is CC1(C)CC(=O)C2=C(C1)Nc1ccccc1N[C@@H]2c1cc([N+](=O)[O-])ccc1Oc1ccc(C(F)(F)F)cc1. The number of hydrogen-bond donors (Lipinski definition) is 2. The minimum absolute atomic E-state index is 0.110. The second kappa shape index (κ2) is 9.20. The quantitative estimate of drug-likeness (QED) is 0.270. The Balaban J connectivity index is 1.65. The molecular formula is C28H24F3N3O4. The second-order valence-electron chi connectivity index (χ2n) is 10.2. The molecule has 0 bridgehead atoms. The van der Waals surface area contributed by atoms with Gasteiger partial charge in [0.05, 0.1) is 27.9 Å². The molecule has 10 heteroatoms. The Morgan fingerprint density at radius 3 is 2.34 bits per heavy atom. The van der Waals surface area contributed by atoms with Crippen molar-refractivity contribution in [3.8, 4) is 11.5 Å². The molecule has 0 saturated carbocycles. The van der Waals surface area contributed by atoms with E-state index < -0.39 is 22.7 Å². The van der Waals surface area contributed by atoms with Gasteiger partial charge in [0.25, 0.3) is 5.69 Å². The van der Waals surface area contributed by atoms with Gasteiger partial charge in [0.15, 0.2) is 5.78 Å². The Morgan fingerprint density at radius 1 is 1.00 bits per heavy atom. The number of halogens is 3. The first-order valence-corrected chi connectivity index (χ1v) is 11.9. The number of non-ortho nitro benzene ring substituents is 1. The highest BCUT2D eigenvalue weighted by Gasteiger charge is 2.40. The third-order valence-electron chi connectivity index (χ3n) is 6.65. The first-order chi connectivity index (χ1) is 17.9. The molecule has 1 aliphatic heterocycles. The number of nitro benzene ring substituents is 1. The lowest BCUT2D eigenvalue weighted by Crippen LogP contribution is -2.31. The fraction of sp³-hybridized carbons (Fsp3) is 0.250. The van der Waals surface area contributed by atoms with Gasteiger partial charge in [0, 0.05) is 35.4 Å². The highest BCUT2D eigenvalue weighted by atomic mass is 19.4. The largest absolute Gasteiger partial charge is 0.457 e. The van der Waals surface area contributed by atoms with Gasteiger partial charge in [0.1, 0.15) is 11.5 Å². The molecule has 0 unspecified atom stereocenters. The number of allylic oxidation sites excluding steroid dienone is 1. The van der Waals surface area contributed by atoms with E-state index in [0.29, 0.717) is 28.9 Å². The number of anilines is 2. The molecule has 5 rings (SSSR count). The molecule has 2 aliphatic rings. The van der Waals surface area contributed by atoms with Crippen LogP contribution in [0.1, 0.15) is 43.9 Å². The third-order valence-corrected chi connectivity index (χ3v) is 6.65. The van der Waals surface area contributed by atoms with Crippen molar-refractivity contribution in [3.63, 3.8) is 0 Å². The van der Waals surface area contributed by atoms with Gasteiger partial charge < -0.3 is 15.4 Å². The Kier molecular flexibility index (Phi) is 6.13. The predicted molar refractivity (Wildman–Crippen MR) is 136 cm³/mol. The molecule has 0 amide bonds. The van der Waals surface area contributed by atoms with Crippen LogP contribution in [0.25, 0.3) is 0 Å². The van der Waals surface area contributed by atoms with Crippen LogP contribution in [0.3, 0.4) is 0 Å². The van der Waals surface area contributed by atoms with Gasteiger partial charge in [-0.2, -0.15) is 13.2 Å². The van der Waals surface area contributed by atoms with Crippen LogP contribution in [0.5, 0.6) is 11.5 Å². The van der Waals surface area contributed by atoms with Gasteiger partial charge in [-0.15, -0.1) is 0 Å². The molecule has 7 nitrogen and oxygen atoms in total. The van der Waals surface area contributed by atoms with Crippen molar-refractivity contribution in [1.82, 2.24) is 0 Å². The first kappa shape index (κ1) is 25.3. The molecule has 0 fully saturated rings. The summed E-state index contributed by atoms with van der Waals surface area (Å²) < 4.78 is 45.0. The summed E-state index contributed by atoms with van der Waals surface area (Å²) in [6.07, 6.45) is -3.64. The topological polar surface area (TPSA) is 93.5 Å². The number of para-hydroxylation sites is 2. The minimum atomic E-state index is -4.50. The number of carbonyl (C=O) groups excluding carboxylic acids is 1. The fourth-order valence-corrected chi connectivity index (χ4v) is 4.93. The Morgan fingerprint density at radius 2 is 1.68 bits per heavy atom. The summed E-state index contributed by atoms with van der Waals surface area (Å²) in [5.41, 5.74) is 1.57. The number of hydrogen-bond acceptors (Lipinski definition) is 6. The van der Waals surface area contributed by atoms with E-state index in [2.05, 4.69) is 10.6 Å². The number of alkyl halides is 3. The van der Waals surface area contributed by atoms with Gasteiger partial charge in [-0.1, -0.05) is 26.0 Å². The predicted octanol–water partition coefficient (Wildman–Crippen LogP) is 7.63. The van der Waals surface area contributed by atoms with E-state index in [-0.39, 0.29) is 34.8 Å². The molecule has 0 radical (unpaired) electrons. The summed E-state index contributed by atoms with van der Waals surface area (Å²) in [5, 5.41) is 18.4. The zero-order valence-electron chi connectivity index (χ0n) is 20.6. The molecule has 38 heavy (non-hydrogen) atoms. The number of rotatable bonds is 4. The van der Waals surface area contributed by atoms with Crippen LogP contribution in [0, 0.1) is 15.5 Å². The van der Waals surface area contributed by atoms with Crippen LogP contribution in [-0.2, 0) is 11.0 Å². The molecule has 0 spiro atoms. The summed E-state index contributed by atoms with van der Waals surface area (Å²) in [5.74, 6) is 0.184. The zero-order chi connectivity index (χ0) is 27.2. The maximum Gasteiger partial charge on any atom is 0.416 e. The van der Waals surface area contributed by atoms with Crippen molar-refractivity contribution < 1.29 is 27.6 Å². The monoisotopic (exact) mass is 523 g/mol. The summed E-state index contributed by atoms with van der Waals surface area (Å²) in [7, 11) is 0. The van der Waals surface area contributed by atoms with Crippen LogP contribution in [0.2, 0.25) is 0 Å². The van der Waals surface area contributed by atoms with E-state index in [1.807, 2.05) is 38.1 Å². The summed E-state index contributed by atoms with van der Waals surface area (Å²) in [6.45, 7) is 4.00. The van der Waals surface area contributed by atoms with Crippen molar-refractivity contribution in [2.75, 3.05) is 10.6 Å². The lowest BCUT2D eigenvalue weighted by atomic mass is 9.73. The summed E-state index contributed by atoms with van der Waals surface area (Å²) >= 11 is 0. The van der Waals surface area contributed by atoms with Gasteiger partial charge in [-0.25, -0.2) is 0 Å². The van der Waals surface area contributed by atoms with Crippen molar-refractivity contribution >= 4 is 22.8 Å². The molecule has 0 aromatic heterocycles. The lowest BCUT2D eigenvalue weighted by Gasteiger charge is -2.34. The van der Waals surface area contributed by atoms with E-state index in [4.69, 9.17) is 4.74 Å². The van der Waals surface area contributed by atoms with Crippen molar-refractivity contribution in [2.45, 2.75) is 38.9 Å². The number of nitrogens with one attached hydrogen (secondary N) is 2. The van der Waals surface area contributed by atoms with Crippen molar-refractivity contribution in [3.05, 3.63) is 99.2 Å². The van der Waals surface area contributed by atoms with Crippen LogP contribution >= 0.6 is 0 Å². The average molecular weight is 524 g/mol. The van der Waals surface area contributed by atoms with Crippen LogP contribution in [0.4, 0.5) is 30.2 Å². The fourth-order valence-electron chi connectivity index (χ4n) is 4.93. The molecular weight excluding hydrogens is 499 g/mol. The number of fused-ring (bicyclic) bond motifs is 1. The van der Waals surface area contributed by atoms with Crippen LogP contribution in [0.15, 0.2) is 78.0 Å². The smallest absolute Gasteiger partial charge is 0.416 e. The number of nitrogens with zero attached hydrogens (tertiary/aromatic N) is 1. The Labute approximate surface area is 216 Å². The molecule has 3 aromatic rings. The van der Waals surface area contributed by atoms with E-state index >= 15 is 0 Å². The lowest BCUT2D eigenvalue weighted by molar-refractivity contribution is -0.384. The zero-order valence-corrected chi connectivity index (χ0v) is 20.6. The van der Waals surface area contributed by atoms with E-state index in [1.54, 1.807) is 0 Å². The Hall–Kier alpha value is -4.34. The van der Waals surface area contributed by atoms with Crippen molar-refractivity contribution in [1.29, 1.82) is 0 Å². The van der Waals surface area contributed by atoms with E-state index in [1.165, 1.54) is 30.3 Å². The number of nitro groups is 1. The number of ketones is 1. The average Bonchev–Trinajstić information content (AvgIpc) is 2.99. The van der Waals surface area contributed by atoms with Gasteiger partial charge in [-0.05, 0) is 54.3 Å². The number of Topliss-reactive ketones (excluding diaryl/α,β-unsaturated/α-hetero) is 1. The first-order valence-electron chi connectivity index (χ1n) is 11.9. The third kappa shape index (κ3) is 4.93. The van der Waals surface area contributed by atoms with Gasteiger partial charge in [-0.3, -0.25) is 14.9 Å². The molecule has 3 aromatic carbocycles. The summed E-state index contributed by atoms with van der Waals surface area (Å²) in [4.78, 5) is 24.7. The van der Waals surface area contributed by atoms with Crippen LogP contribution in [-0.4, -0.2) is 10.7 Å². The molecule has 1 heterocycles. The molecule has 0 saturated heterocycles. The normalized spacial score (nSPS) is 18.4. The number of benzene rings is 3. The van der Waals surface area contributed by atoms with Gasteiger partial charge in [0.2, 0.25) is 0 Å². The maximum absolute atomic E-state index is 13.5. The van der Waals surface area contributed by atoms with E-state index in [0.717, 1.165) is 17.8 Å². The summed E-state index contributed by atoms with van der Waals surface area (Å²) in [6, 6.07) is 14.7. The number of ether oxygens (including phenoxy) is 1. The number of carbonyl (C=O) groups is 1. The van der Waals surface area contributed by atoms with Gasteiger partial charge >= 0.3 is 6.18 Å². The highest BCUT2D eigenvalue weighted by molar-refractivity contribution is 6.01. The standard InChI is InChI=1S/C28H24F3N3O4/c1-27(2)14-22-25(23(35)15-27)26(33-21-6-4-3-5-20(21)32-22)19-13-17(34(36)37)9-12-24(19)38-18-10-7-16(8-11-18)28(29,30)31/h3-13,26,32-33H,14-15H2,1-2H3/t26-/m1/s1. The second-order valence-corrected chi connectivity index (χ2v) is 10.2.